The first-order valence-corrected chi connectivity index (χ1v) is 13.1. The molecule has 0 spiro atoms. The number of benzene rings is 2. The summed E-state index contributed by atoms with van der Waals surface area (Å²) in [7, 11) is 1.55. The van der Waals surface area contributed by atoms with Crippen molar-refractivity contribution >= 4 is 11.8 Å². The number of alkyl halides is 3. The largest absolute Gasteiger partial charge is 0.493 e. The number of fused-ring (bicyclic) bond motifs is 1. The quantitative estimate of drug-likeness (QED) is 0.410. The summed E-state index contributed by atoms with van der Waals surface area (Å²) in [5, 5.41) is 0. The first-order chi connectivity index (χ1) is 19.2. The van der Waals surface area contributed by atoms with E-state index in [1.54, 1.807) is 24.1 Å². The van der Waals surface area contributed by atoms with Crippen molar-refractivity contribution in [3.63, 3.8) is 0 Å². The molecule has 0 radical (unpaired) electrons. The van der Waals surface area contributed by atoms with Gasteiger partial charge in [0, 0.05) is 37.4 Å². The van der Waals surface area contributed by atoms with Crippen LogP contribution in [0.25, 0.3) is 0 Å². The number of pyridine rings is 1. The minimum Gasteiger partial charge on any atom is -0.493 e. The van der Waals surface area contributed by atoms with E-state index >= 15 is 0 Å². The summed E-state index contributed by atoms with van der Waals surface area (Å²) in [5.41, 5.74) is 0.612. The van der Waals surface area contributed by atoms with Gasteiger partial charge in [-0.3, -0.25) is 14.6 Å². The summed E-state index contributed by atoms with van der Waals surface area (Å²) >= 11 is 0. The third-order valence-corrected chi connectivity index (χ3v) is 7.68. The van der Waals surface area contributed by atoms with Gasteiger partial charge in [-0.25, -0.2) is 0 Å². The number of halogens is 3. The number of ether oxygens (including phenoxy) is 2. The highest BCUT2D eigenvalue weighted by atomic mass is 19.4. The molecule has 0 aliphatic carbocycles. The van der Waals surface area contributed by atoms with Gasteiger partial charge in [0.15, 0.2) is 11.5 Å². The zero-order valence-electron chi connectivity index (χ0n) is 22.3. The summed E-state index contributed by atoms with van der Waals surface area (Å²) in [6.07, 6.45) is -2.40. The van der Waals surface area contributed by atoms with Crippen molar-refractivity contribution in [3.05, 3.63) is 88.7 Å². The molecule has 5 rings (SSSR count). The number of amides is 2. The zero-order valence-corrected chi connectivity index (χ0v) is 22.3. The van der Waals surface area contributed by atoms with E-state index in [4.69, 9.17) is 9.47 Å². The van der Waals surface area contributed by atoms with Crippen LogP contribution >= 0.6 is 0 Å². The fraction of sp³-hybridized carbons (Fsp3) is 0.367. The highest BCUT2D eigenvalue weighted by Gasteiger charge is 2.44. The lowest BCUT2D eigenvalue weighted by molar-refractivity contribution is -0.138. The number of aryl methyl sites for hydroxylation is 1. The van der Waals surface area contributed by atoms with Crippen molar-refractivity contribution in [1.29, 1.82) is 0 Å². The smallest absolute Gasteiger partial charge is 0.418 e. The number of rotatable bonds is 6. The average molecular weight is 554 g/mol. The number of piperidine rings is 1. The Morgan fingerprint density at radius 1 is 1.00 bits per heavy atom. The van der Waals surface area contributed by atoms with Gasteiger partial charge in [0.05, 0.1) is 12.7 Å². The summed E-state index contributed by atoms with van der Waals surface area (Å²) < 4.78 is 52.0. The summed E-state index contributed by atoms with van der Waals surface area (Å²) in [6, 6.07) is 15.0. The maximum atomic E-state index is 13.6. The molecule has 0 unspecified atom stereocenters. The van der Waals surface area contributed by atoms with Crippen molar-refractivity contribution in [1.82, 2.24) is 14.8 Å². The van der Waals surface area contributed by atoms with E-state index in [1.165, 1.54) is 17.2 Å². The highest BCUT2D eigenvalue weighted by molar-refractivity contribution is 5.97. The molecule has 0 saturated carbocycles. The van der Waals surface area contributed by atoms with Gasteiger partial charge in [-0.1, -0.05) is 30.3 Å². The molecule has 210 valence electrons. The number of likely N-dealkylation sites (tertiary alicyclic amines) is 2. The van der Waals surface area contributed by atoms with Gasteiger partial charge in [0.25, 0.3) is 11.8 Å². The molecule has 2 atom stereocenters. The highest BCUT2D eigenvalue weighted by Crippen LogP contribution is 2.37. The average Bonchev–Trinajstić information content (AvgIpc) is 3.39. The lowest BCUT2D eigenvalue weighted by Crippen LogP contribution is -2.49. The number of hydrogen-bond acceptors (Lipinski definition) is 5. The molecule has 2 fully saturated rings. The lowest BCUT2D eigenvalue weighted by Gasteiger charge is -2.38. The maximum Gasteiger partial charge on any atom is 0.418 e. The molecule has 2 aliphatic heterocycles. The number of aromatic nitrogens is 1. The topological polar surface area (TPSA) is 72.0 Å². The van der Waals surface area contributed by atoms with Crippen LogP contribution in [0.4, 0.5) is 13.2 Å². The van der Waals surface area contributed by atoms with Gasteiger partial charge < -0.3 is 19.3 Å². The Hall–Kier alpha value is -4.08. The third-order valence-electron chi connectivity index (χ3n) is 7.68. The monoisotopic (exact) mass is 553 g/mol. The molecule has 40 heavy (non-hydrogen) atoms. The van der Waals surface area contributed by atoms with Crippen LogP contribution < -0.4 is 9.47 Å². The van der Waals surface area contributed by atoms with Gasteiger partial charge >= 0.3 is 6.18 Å². The van der Waals surface area contributed by atoms with Crippen LogP contribution in [0.5, 0.6) is 11.5 Å². The number of nitrogens with zero attached hydrogens (tertiary/aromatic N) is 3. The molecule has 1 aromatic heterocycles. The summed E-state index contributed by atoms with van der Waals surface area (Å²) in [6.45, 7) is 3.27. The molecular formula is C30H30F3N3O4. The van der Waals surface area contributed by atoms with Crippen LogP contribution in [0.2, 0.25) is 0 Å². The van der Waals surface area contributed by atoms with Crippen LogP contribution in [0, 0.1) is 12.8 Å². The molecule has 2 aliphatic rings. The van der Waals surface area contributed by atoms with E-state index < -0.39 is 23.3 Å². The molecule has 0 N–H and O–H groups in total. The standard InChI is InChI=1S/C30H30F3N3O4/c1-19-15-25(39-2)26(40-18-20-7-4-3-5-8-20)16-22(19)28(37)35-13-11-24-21(17-35)10-14-36(24)29(38)27-23(30(31,32)33)9-6-12-34-27/h3-9,12,15-16,21,24H,10-11,13-14,17-18H2,1-2H3/t21-,24+/m0/s1. The van der Waals surface area contributed by atoms with E-state index in [9.17, 15) is 22.8 Å². The second-order valence-corrected chi connectivity index (χ2v) is 10.1. The molecule has 3 aromatic rings. The van der Waals surface area contributed by atoms with Crippen molar-refractivity contribution in [2.45, 2.75) is 38.6 Å². The van der Waals surface area contributed by atoms with Crippen molar-refractivity contribution in [2.75, 3.05) is 26.7 Å². The second kappa shape index (κ2) is 11.2. The molecule has 3 heterocycles. The van der Waals surface area contributed by atoms with E-state index in [1.807, 2.05) is 37.3 Å². The minimum absolute atomic E-state index is 0.0351. The van der Waals surface area contributed by atoms with Crippen molar-refractivity contribution < 1.29 is 32.2 Å². The fourth-order valence-electron chi connectivity index (χ4n) is 5.63. The van der Waals surface area contributed by atoms with Crippen molar-refractivity contribution in [3.8, 4) is 11.5 Å². The van der Waals surface area contributed by atoms with Gasteiger partial charge in [-0.05, 0) is 61.1 Å². The van der Waals surface area contributed by atoms with E-state index in [2.05, 4.69) is 4.98 Å². The second-order valence-electron chi connectivity index (χ2n) is 10.1. The molecule has 2 saturated heterocycles. The lowest BCUT2D eigenvalue weighted by atomic mass is 9.92. The molecule has 2 amide bonds. The number of carbonyl (C=O) groups excluding carboxylic acids is 2. The Morgan fingerprint density at radius 2 is 1.77 bits per heavy atom. The minimum atomic E-state index is -4.67. The number of carbonyl (C=O) groups is 2. The SMILES string of the molecule is COc1cc(C)c(C(=O)N2CC[C@@H]3[C@@H](CCN3C(=O)c3ncccc3C(F)(F)F)C2)cc1OCc1ccccc1. The van der Waals surface area contributed by atoms with Gasteiger partial charge in [0.1, 0.15) is 12.3 Å². The Bertz CT molecular complexity index is 1400. The first kappa shape index (κ1) is 27.5. The van der Waals surface area contributed by atoms with E-state index in [0.717, 1.165) is 17.2 Å². The van der Waals surface area contributed by atoms with Gasteiger partial charge in [-0.2, -0.15) is 13.2 Å². The van der Waals surface area contributed by atoms with Crippen LogP contribution in [0.15, 0.2) is 60.8 Å². The molecular weight excluding hydrogens is 523 g/mol. The Kier molecular flexibility index (Phi) is 7.69. The van der Waals surface area contributed by atoms with Gasteiger partial charge in [-0.15, -0.1) is 0 Å². The van der Waals surface area contributed by atoms with Gasteiger partial charge in [0.2, 0.25) is 0 Å². The molecule has 10 heteroatoms. The maximum absolute atomic E-state index is 13.6. The fourth-order valence-corrected chi connectivity index (χ4v) is 5.63. The van der Waals surface area contributed by atoms with Crippen LogP contribution in [-0.4, -0.2) is 59.4 Å². The normalized spacial score (nSPS) is 18.8. The van der Waals surface area contributed by atoms with Crippen LogP contribution in [0.3, 0.4) is 0 Å². The Labute approximate surface area is 230 Å². The van der Waals surface area contributed by atoms with E-state index in [0.29, 0.717) is 56.1 Å². The first-order valence-electron chi connectivity index (χ1n) is 13.1. The predicted molar refractivity (Wildman–Crippen MR) is 141 cm³/mol. The van der Waals surface area contributed by atoms with Crippen LogP contribution in [-0.2, 0) is 12.8 Å². The Morgan fingerprint density at radius 3 is 2.50 bits per heavy atom. The number of methoxy groups -OCH3 is 1. The summed E-state index contributed by atoms with van der Waals surface area (Å²) in [4.78, 5) is 33.8. The van der Waals surface area contributed by atoms with E-state index in [-0.39, 0.29) is 17.9 Å². The molecule has 0 bridgehead atoms. The zero-order chi connectivity index (χ0) is 28.4. The molecule has 7 nitrogen and oxygen atoms in total. The van der Waals surface area contributed by atoms with Crippen molar-refractivity contribution in [2.24, 2.45) is 5.92 Å². The molecule has 2 aromatic carbocycles. The predicted octanol–water partition coefficient (Wildman–Crippen LogP) is 5.37. The third kappa shape index (κ3) is 5.48. The number of hydrogen-bond donors (Lipinski definition) is 0. The Balaban J connectivity index is 1.30. The summed E-state index contributed by atoms with van der Waals surface area (Å²) in [5.74, 6) is 0.0838. The van der Waals surface area contributed by atoms with Crippen LogP contribution in [0.1, 0.15) is 50.4 Å².